The summed E-state index contributed by atoms with van der Waals surface area (Å²) in [7, 11) is 0. The van der Waals surface area contributed by atoms with Gasteiger partial charge in [-0.3, -0.25) is 0 Å². The Labute approximate surface area is 66.0 Å². The van der Waals surface area contributed by atoms with Crippen LogP contribution in [0.2, 0.25) is 0 Å². The molecule has 4 nitrogen and oxygen atoms in total. The highest BCUT2D eigenvalue weighted by molar-refractivity contribution is 4.94. The predicted octanol–water partition coefficient (Wildman–Crippen LogP) is -0.808. The molecule has 1 aliphatic heterocycles. The first-order chi connectivity index (χ1) is 4.93. The van der Waals surface area contributed by atoms with Crippen LogP contribution < -0.4 is 5.73 Å². The van der Waals surface area contributed by atoms with Crippen molar-refractivity contribution >= 4 is 0 Å². The van der Waals surface area contributed by atoms with Gasteiger partial charge in [-0.2, -0.15) is 0 Å². The van der Waals surface area contributed by atoms with Crippen molar-refractivity contribution in [3.8, 4) is 0 Å². The summed E-state index contributed by atoms with van der Waals surface area (Å²) in [5, 5.41) is 18.6. The Morgan fingerprint density at radius 1 is 1.55 bits per heavy atom. The summed E-state index contributed by atoms with van der Waals surface area (Å²) >= 11 is 0. The maximum Gasteiger partial charge on any atom is 0.156 e. The molecular weight excluding hydrogens is 146 g/mol. The second-order valence-electron chi connectivity index (χ2n) is 3.45. The average molecular weight is 161 g/mol. The van der Waals surface area contributed by atoms with Crippen molar-refractivity contribution in [2.24, 2.45) is 5.73 Å². The third-order valence-corrected chi connectivity index (χ3v) is 2.11. The Balaban J connectivity index is 2.67. The summed E-state index contributed by atoms with van der Waals surface area (Å²) in [5.41, 5.74) is 4.97. The molecule has 0 spiro atoms. The van der Waals surface area contributed by atoms with Gasteiger partial charge in [-0.1, -0.05) is 0 Å². The molecule has 1 rings (SSSR count). The molecule has 1 aliphatic rings. The van der Waals surface area contributed by atoms with Gasteiger partial charge in [0.2, 0.25) is 0 Å². The molecule has 4 N–H and O–H groups in total. The van der Waals surface area contributed by atoms with Crippen LogP contribution >= 0.6 is 0 Å². The number of aliphatic hydroxyl groups is 2. The van der Waals surface area contributed by atoms with Gasteiger partial charge in [0.1, 0.15) is 0 Å². The van der Waals surface area contributed by atoms with Crippen molar-refractivity contribution < 1.29 is 14.9 Å². The van der Waals surface area contributed by atoms with Gasteiger partial charge in [-0.05, 0) is 13.8 Å². The van der Waals surface area contributed by atoms with Gasteiger partial charge < -0.3 is 20.7 Å². The smallest absolute Gasteiger partial charge is 0.156 e. The summed E-state index contributed by atoms with van der Waals surface area (Å²) < 4.78 is 4.96. The van der Waals surface area contributed by atoms with Crippen LogP contribution in [0.5, 0.6) is 0 Å². The molecule has 1 saturated heterocycles. The Bertz CT molecular complexity index is 149. The largest absolute Gasteiger partial charge is 0.389 e. The van der Waals surface area contributed by atoms with E-state index >= 15 is 0 Å². The van der Waals surface area contributed by atoms with E-state index in [1.165, 1.54) is 0 Å². The predicted molar refractivity (Wildman–Crippen MR) is 39.8 cm³/mol. The van der Waals surface area contributed by atoms with Crippen LogP contribution in [0.1, 0.15) is 20.3 Å². The van der Waals surface area contributed by atoms with Crippen molar-refractivity contribution in [3.63, 3.8) is 0 Å². The van der Waals surface area contributed by atoms with Crippen molar-refractivity contribution in [2.75, 3.05) is 0 Å². The van der Waals surface area contributed by atoms with Gasteiger partial charge in [0, 0.05) is 12.0 Å². The minimum absolute atomic E-state index is 0.276. The van der Waals surface area contributed by atoms with Gasteiger partial charge in [0.25, 0.3) is 0 Å². The van der Waals surface area contributed by atoms with Crippen LogP contribution in [-0.2, 0) is 4.74 Å². The lowest BCUT2D eigenvalue weighted by Crippen LogP contribution is -2.59. The molecule has 0 bridgehead atoms. The maximum atomic E-state index is 9.46. The van der Waals surface area contributed by atoms with Crippen LogP contribution in [0, 0.1) is 0 Å². The van der Waals surface area contributed by atoms with Crippen LogP contribution in [0.4, 0.5) is 0 Å². The highest BCUT2D eigenvalue weighted by Crippen LogP contribution is 2.25. The van der Waals surface area contributed by atoms with Crippen molar-refractivity contribution in [3.05, 3.63) is 0 Å². The Morgan fingerprint density at radius 2 is 2.09 bits per heavy atom. The second-order valence-corrected chi connectivity index (χ2v) is 3.45. The third kappa shape index (κ3) is 1.70. The lowest BCUT2D eigenvalue weighted by molar-refractivity contribution is -0.215. The van der Waals surface area contributed by atoms with E-state index < -0.39 is 24.0 Å². The quantitative estimate of drug-likeness (QED) is 0.434. The Morgan fingerprint density at radius 3 is 2.55 bits per heavy atom. The molecule has 0 aliphatic carbocycles. The fourth-order valence-electron chi connectivity index (χ4n) is 1.40. The molecule has 0 amide bonds. The van der Waals surface area contributed by atoms with E-state index in [4.69, 9.17) is 15.6 Å². The summed E-state index contributed by atoms with van der Waals surface area (Å²) in [6, 6.07) is 0. The average Bonchev–Trinajstić information content (AvgIpc) is 1.81. The number of nitrogens with two attached hydrogens (primary N) is 1. The third-order valence-electron chi connectivity index (χ3n) is 2.11. The standard InChI is InChI=1S/C7H15NO3/c1-4-6(10)7(2,8)3-5(9)11-4/h4-6,9-10H,3,8H2,1-2H3. The lowest BCUT2D eigenvalue weighted by atomic mass is 9.86. The molecule has 0 aromatic rings. The topological polar surface area (TPSA) is 75.7 Å². The van der Waals surface area contributed by atoms with Crippen LogP contribution in [-0.4, -0.2) is 34.2 Å². The van der Waals surface area contributed by atoms with Gasteiger partial charge in [-0.15, -0.1) is 0 Å². The fourth-order valence-corrected chi connectivity index (χ4v) is 1.40. The van der Waals surface area contributed by atoms with E-state index in [1.54, 1.807) is 13.8 Å². The molecule has 0 saturated carbocycles. The lowest BCUT2D eigenvalue weighted by Gasteiger charge is -2.41. The van der Waals surface area contributed by atoms with E-state index in [9.17, 15) is 5.11 Å². The zero-order chi connectivity index (χ0) is 8.65. The molecule has 0 radical (unpaired) electrons. The van der Waals surface area contributed by atoms with E-state index in [-0.39, 0.29) is 6.42 Å². The molecule has 4 atom stereocenters. The number of aliphatic hydroxyl groups excluding tert-OH is 2. The summed E-state index contributed by atoms with van der Waals surface area (Å²) in [5.74, 6) is 0. The molecule has 4 heteroatoms. The van der Waals surface area contributed by atoms with Crippen LogP contribution in [0.15, 0.2) is 0 Å². The van der Waals surface area contributed by atoms with Gasteiger partial charge in [0.15, 0.2) is 6.29 Å². The molecule has 4 unspecified atom stereocenters. The van der Waals surface area contributed by atoms with Gasteiger partial charge in [-0.25, -0.2) is 0 Å². The van der Waals surface area contributed by atoms with Crippen LogP contribution in [0.25, 0.3) is 0 Å². The van der Waals surface area contributed by atoms with Crippen LogP contribution in [0.3, 0.4) is 0 Å². The first kappa shape index (κ1) is 8.93. The molecule has 11 heavy (non-hydrogen) atoms. The molecular formula is C7H15NO3. The van der Waals surface area contributed by atoms with E-state index in [0.29, 0.717) is 0 Å². The fraction of sp³-hybridized carbons (Fsp3) is 1.00. The van der Waals surface area contributed by atoms with E-state index in [0.717, 1.165) is 0 Å². The van der Waals surface area contributed by atoms with Crippen molar-refractivity contribution in [2.45, 2.75) is 44.3 Å². The molecule has 66 valence electrons. The maximum absolute atomic E-state index is 9.46. The van der Waals surface area contributed by atoms with E-state index in [2.05, 4.69) is 0 Å². The first-order valence-electron chi connectivity index (χ1n) is 3.74. The number of rotatable bonds is 0. The van der Waals surface area contributed by atoms with Gasteiger partial charge >= 0.3 is 0 Å². The Hall–Kier alpha value is -0.160. The minimum atomic E-state index is -0.844. The highest BCUT2D eigenvalue weighted by atomic mass is 16.6. The zero-order valence-electron chi connectivity index (χ0n) is 6.82. The highest BCUT2D eigenvalue weighted by Gasteiger charge is 2.40. The first-order valence-corrected chi connectivity index (χ1v) is 3.74. The van der Waals surface area contributed by atoms with Crippen molar-refractivity contribution in [1.29, 1.82) is 0 Å². The molecule has 0 aromatic carbocycles. The molecule has 1 fully saturated rings. The normalized spacial score (nSPS) is 52.6. The molecule has 0 aromatic heterocycles. The summed E-state index contributed by atoms with van der Waals surface area (Å²) in [6.07, 6.45) is -1.67. The minimum Gasteiger partial charge on any atom is -0.389 e. The SMILES string of the molecule is CC1OC(O)CC(C)(N)C1O. The number of hydrogen-bond donors (Lipinski definition) is 3. The number of hydrogen-bond acceptors (Lipinski definition) is 4. The second kappa shape index (κ2) is 2.71. The molecule has 1 heterocycles. The summed E-state index contributed by atoms with van der Waals surface area (Å²) in [6.45, 7) is 3.40. The summed E-state index contributed by atoms with van der Waals surface area (Å²) in [4.78, 5) is 0. The monoisotopic (exact) mass is 161 g/mol. The van der Waals surface area contributed by atoms with Gasteiger partial charge in [0.05, 0.1) is 12.2 Å². The Kier molecular flexibility index (Phi) is 2.20. The number of ether oxygens (including phenoxy) is 1. The van der Waals surface area contributed by atoms with Crippen molar-refractivity contribution in [1.82, 2.24) is 0 Å². The zero-order valence-corrected chi connectivity index (χ0v) is 6.82. The van der Waals surface area contributed by atoms with E-state index in [1.807, 2.05) is 0 Å².